The smallest absolute Gasteiger partial charge is 0.403 e. The number of ether oxygens (including phenoxy) is 1. The topological polar surface area (TPSA) is 82.7 Å². The second-order valence-corrected chi connectivity index (χ2v) is 8.40. The summed E-state index contributed by atoms with van der Waals surface area (Å²) in [6.45, 7) is 5.37. The Balaban J connectivity index is 2.24. The van der Waals surface area contributed by atoms with E-state index in [2.05, 4.69) is 20.7 Å². The van der Waals surface area contributed by atoms with Crippen molar-refractivity contribution in [3.8, 4) is 5.75 Å². The lowest BCUT2D eigenvalue weighted by atomic mass is 9.82. The number of amides is 2. The summed E-state index contributed by atoms with van der Waals surface area (Å²) in [6.07, 6.45) is -5.64. The van der Waals surface area contributed by atoms with E-state index in [9.17, 15) is 27.2 Å². The van der Waals surface area contributed by atoms with Crippen LogP contribution in [-0.2, 0) is 9.59 Å². The van der Waals surface area contributed by atoms with Crippen LogP contribution in [0.25, 0.3) is 0 Å². The Kier molecular flexibility index (Phi) is 6.97. The largest absolute Gasteiger partial charge is 0.573 e. The first-order valence-electron chi connectivity index (χ1n) is 9.25. The van der Waals surface area contributed by atoms with Crippen LogP contribution in [0.4, 0.5) is 17.6 Å². The SMILES string of the molecule is CN(C)C1NC(=O)CC(C(=O)N[C@@H](c2ccc(OC(F)(F)F)c(F)c2)C(C)(C)C)N1. The Bertz CT molecular complexity index is 793. The van der Waals surface area contributed by atoms with Crippen LogP contribution in [0.15, 0.2) is 18.2 Å². The number of halogens is 4. The first-order chi connectivity index (χ1) is 13.7. The average Bonchev–Trinajstić information content (AvgIpc) is 2.58. The molecule has 1 heterocycles. The maximum Gasteiger partial charge on any atom is 0.573 e. The Morgan fingerprint density at radius 2 is 1.90 bits per heavy atom. The third kappa shape index (κ3) is 6.30. The minimum absolute atomic E-state index is 0.0836. The quantitative estimate of drug-likeness (QED) is 0.620. The molecule has 30 heavy (non-hydrogen) atoms. The molecule has 0 bridgehead atoms. The van der Waals surface area contributed by atoms with Gasteiger partial charge in [-0.25, -0.2) is 4.39 Å². The zero-order valence-corrected chi connectivity index (χ0v) is 17.4. The second-order valence-electron chi connectivity index (χ2n) is 8.40. The molecule has 1 fully saturated rings. The fraction of sp³-hybridized carbons (Fsp3) is 0.579. The molecular formula is C19H26F4N4O3. The third-order valence-electron chi connectivity index (χ3n) is 4.55. The first-order valence-corrected chi connectivity index (χ1v) is 9.25. The molecule has 2 unspecified atom stereocenters. The van der Waals surface area contributed by atoms with Crippen LogP contribution in [0.5, 0.6) is 5.75 Å². The van der Waals surface area contributed by atoms with E-state index < -0.39 is 47.6 Å². The molecule has 1 aliphatic heterocycles. The number of nitrogens with one attached hydrogen (secondary N) is 3. The van der Waals surface area contributed by atoms with Crippen LogP contribution in [0.2, 0.25) is 0 Å². The molecule has 0 aliphatic carbocycles. The van der Waals surface area contributed by atoms with E-state index in [0.29, 0.717) is 0 Å². The van der Waals surface area contributed by atoms with Crippen molar-refractivity contribution in [2.45, 2.75) is 51.9 Å². The van der Waals surface area contributed by atoms with Crippen molar-refractivity contribution < 1.29 is 31.9 Å². The van der Waals surface area contributed by atoms with Crippen LogP contribution in [0, 0.1) is 11.2 Å². The Hall–Kier alpha value is -2.40. The zero-order valence-electron chi connectivity index (χ0n) is 17.4. The highest BCUT2D eigenvalue weighted by molar-refractivity contribution is 5.89. The molecule has 0 radical (unpaired) electrons. The van der Waals surface area contributed by atoms with Crippen LogP contribution in [0.1, 0.15) is 38.8 Å². The summed E-state index contributed by atoms with van der Waals surface area (Å²) in [4.78, 5) is 26.5. The van der Waals surface area contributed by atoms with E-state index in [0.717, 1.165) is 12.1 Å². The van der Waals surface area contributed by atoms with Gasteiger partial charge in [0.15, 0.2) is 11.6 Å². The average molecular weight is 434 g/mol. The predicted octanol–water partition coefficient (Wildman–Crippen LogP) is 2.25. The lowest BCUT2D eigenvalue weighted by molar-refractivity contribution is -0.275. The molecule has 0 aromatic heterocycles. The van der Waals surface area contributed by atoms with Crippen molar-refractivity contribution in [3.63, 3.8) is 0 Å². The number of carbonyl (C=O) groups is 2. The minimum Gasteiger partial charge on any atom is -0.403 e. The molecule has 2 rings (SSSR count). The molecule has 1 aromatic carbocycles. The molecule has 0 saturated carbocycles. The van der Waals surface area contributed by atoms with Gasteiger partial charge in [-0.15, -0.1) is 13.2 Å². The van der Waals surface area contributed by atoms with Crippen molar-refractivity contribution in [2.24, 2.45) is 5.41 Å². The fourth-order valence-electron chi connectivity index (χ4n) is 3.08. The summed E-state index contributed by atoms with van der Waals surface area (Å²) in [5, 5.41) is 8.48. The number of alkyl halides is 3. The number of hydrogen-bond donors (Lipinski definition) is 3. The number of benzene rings is 1. The van der Waals surface area contributed by atoms with Gasteiger partial charge < -0.3 is 15.4 Å². The predicted molar refractivity (Wildman–Crippen MR) is 101 cm³/mol. The second kappa shape index (κ2) is 8.76. The number of nitrogens with zero attached hydrogens (tertiary/aromatic N) is 1. The van der Waals surface area contributed by atoms with Crippen molar-refractivity contribution >= 4 is 11.8 Å². The molecule has 3 N–H and O–H groups in total. The highest BCUT2D eigenvalue weighted by Crippen LogP contribution is 2.35. The Labute approximate surface area is 172 Å². The fourth-order valence-corrected chi connectivity index (χ4v) is 3.08. The van der Waals surface area contributed by atoms with Crippen molar-refractivity contribution in [2.75, 3.05) is 14.1 Å². The van der Waals surface area contributed by atoms with Crippen LogP contribution >= 0.6 is 0 Å². The van der Waals surface area contributed by atoms with Crippen molar-refractivity contribution in [1.82, 2.24) is 20.9 Å². The van der Waals surface area contributed by atoms with E-state index in [4.69, 9.17) is 0 Å². The number of hydrogen-bond acceptors (Lipinski definition) is 5. The van der Waals surface area contributed by atoms with Gasteiger partial charge in [0.25, 0.3) is 0 Å². The standard InChI is InChI=1S/C19H26F4N4O3/c1-18(2,3)15(10-6-7-13(11(20)8-10)30-19(21,22)23)26-16(29)12-9-14(28)25-17(24-12)27(4)5/h6-8,12,15,17,24H,9H2,1-5H3,(H,25,28)(H,26,29)/t12?,15-,17?/m0/s1. The van der Waals surface area contributed by atoms with Gasteiger partial charge >= 0.3 is 6.36 Å². The first kappa shape index (κ1) is 23.9. The van der Waals surface area contributed by atoms with E-state index in [1.54, 1.807) is 39.8 Å². The number of carbonyl (C=O) groups excluding carboxylic acids is 2. The summed E-state index contributed by atoms with van der Waals surface area (Å²) in [7, 11) is 3.45. The molecule has 1 aliphatic rings. The van der Waals surface area contributed by atoms with Gasteiger partial charge in [0.2, 0.25) is 11.8 Å². The van der Waals surface area contributed by atoms with E-state index in [-0.39, 0.29) is 17.9 Å². The lowest BCUT2D eigenvalue weighted by Crippen LogP contribution is -2.65. The molecule has 11 heteroatoms. The van der Waals surface area contributed by atoms with Crippen molar-refractivity contribution in [1.29, 1.82) is 0 Å². The summed E-state index contributed by atoms with van der Waals surface area (Å²) in [5.41, 5.74) is -0.334. The van der Waals surface area contributed by atoms with Gasteiger partial charge in [0.1, 0.15) is 6.29 Å². The highest BCUT2D eigenvalue weighted by Gasteiger charge is 2.36. The zero-order chi connectivity index (χ0) is 22.9. The lowest BCUT2D eigenvalue weighted by Gasteiger charge is -2.37. The molecule has 2 amide bonds. The van der Waals surface area contributed by atoms with Gasteiger partial charge in [-0.3, -0.25) is 19.8 Å². The van der Waals surface area contributed by atoms with Crippen LogP contribution in [0.3, 0.4) is 0 Å². The van der Waals surface area contributed by atoms with Gasteiger partial charge in [0.05, 0.1) is 18.5 Å². The van der Waals surface area contributed by atoms with Crippen LogP contribution < -0.4 is 20.7 Å². The highest BCUT2D eigenvalue weighted by atomic mass is 19.4. The normalized spacial score (nSPS) is 21.2. The Morgan fingerprint density at radius 3 is 2.40 bits per heavy atom. The molecule has 1 saturated heterocycles. The van der Waals surface area contributed by atoms with E-state index in [1.165, 1.54) is 6.07 Å². The summed E-state index contributed by atoms with van der Waals surface area (Å²) < 4.78 is 55.0. The molecule has 1 aromatic rings. The summed E-state index contributed by atoms with van der Waals surface area (Å²) in [5.74, 6) is -2.94. The van der Waals surface area contributed by atoms with E-state index in [1.807, 2.05) is 0 Å². The van der Waals surface area contributed by atoms with Gasteiger partial charge in [-0.05, 0) is 37.2 Å². The molecule has 0 spiro atoms. The molecular weight excluding hydrogens is 408 g/mol. The minimum atomic E-state index is -5.02. The monoisotopic (exact) mass is 434 g/mol. The molecule has 168 valence electrons. The number of rotatable bonds is 5. The molecule has 3 atom stereocenters. The van der Waals surface area contributed by atoms with Gasteiger partial charge in [0, 0.05) is 0 Å². The van der Waals surface area contributed by atoms with Crippen LogP contribution in [-0.4, -0.2) is 49.5 Å². The summed E-state index contributed by atoms with van der Waals surface area (Å²) in [6, 6.07) is 1.49. The molecule has 7 nitrogen and oxygen atoms in total. The Morgan fingerprint density at radius 1 is 1.27 bits per heavy atom. The van der Waals surface area contributed by atoms with Gasteiger partial charge in [-0.1, -0.05) is 26.8 Å². The van der Waals surface area contributed by atoms with E-state index >= 15 is 0 Å². The third-order valence-corrected chi connectivity index (χ3v) is 4.55. The maximum absolute atomic E-state index is 14.2. The van der Waals surface area contributed by atoms with Crippen molar-refractivity contribution in [3.05, 3.63) is 29.6 Å². The maximum atomic E-state index is 14.2. The van der Waals surface area contributed by atoms with Gasteiger partial charge in [-0.2, -0.15) is 0 Å². The summed E-state index contributed by atoms with van der Waals surface area (Å²) >= 11 is 0.